The number of benzene rings is 2. The van der Waals surface area contributed by atoms with E-state index in [2.05, 4.69) is 10.3 Å². The first-order valence-corrected chi connectivity index (χ1v) is 10.2. The van der Waals surface area contributed by atoms with Gasteiger partial charge >= 0.3 is 11.4 Å². The number of nitrogens with one attached hydrogen (secondary N) is 1. The van der Waals surface area contributed by atoms with Crippen LogP contribution in [0.3, 0.4) is 0 Å². The Bertz CT molecular complexity index is 1150. The first kappa shape index (κ1) is 22.1. The second kappa shape index (κ2) is 9.51. The van der Waals surface area contributed by atoms with Crippen LogP contribution in [0.1, 0.15) is 39.3 Å². The molecule has 1 N–H and O–H groups in total. The molecule has 164 valence electrons. The Labute approximate surface area is 181 Å². The minimum absolute atomic E-state index is 0.0649. The van der Waals surface area contributed by atoms with Gasteiger partial charge in [-0.05, 0) is 58.0 Å². The average molecular weight is 425 g/mol. The number of para-hydroxylation sites is 1. The lowest BCUT2D eigenvalue weighted by Crippen LogP contribution is -2.43. The zero-order valence-electron chi connectivity index (χ0n) is 18.5. The molecule has 0 amide bonds. The molecular formula is C23H28N4O4. The predicted molar refractivity (Wildman–Crippen MR) is 121 cm³/mol. The highest BCUT2D eigenvalue weighted by Gasteiger charge is 2.17. The van der Waals surface area contributed by atoms with E-state index in [4.69, 9.17) is 9.47 Å². The third-order valence-electron chi connectivity index (χ3n) is 4.62. The summed E-state index contributed by atoms with van der Waals surface area (Å²) in [5.41, 5.74) is 0.437. The lowest BCUT2D eigenvalue weighted by atomic mass is 10.2. The monoisotopic (exact) mass is 424 g/mol. The van der Waals surface area contributed by atoms with Crippen molar-refractivity contribution in [1.82, 2.24) is 14.1 Å². The van der Waals surface area contributed by atoms with Gasteiger partial charge < -0.3 is 14.8 Å². The van der Waals surface area contributed by atoms with E-state index in [1.54, 1.807) is 21.0 Å². The Hall–Kier alpha value is -3.55. The average Bonchev–Trinajstić information content (AvgIpc) is 2.71. The Morgan fingerprint density at radius 1 is 1.00 bits per heavy atom. The zero-order chi connectivity index (χ0) is 22.5. The standard InChI is InChI=1S/C23H28N4O4/c1-15(2)27-22(28)25-21(24-18-10-12-19(13-11-18)31-16(3)4)26(23(27)29)14-17-8-6-7-9-20(17)30-5/h6-13,15-16H,14H2,1-5H3,(H,24,25,28). The van der Waals surface area contributed by atoms with Crippen molar-refractivity contribution in [2.75, 3.05) is 12.4 Å². The topological polar surface area (TPSA) is 87.4 Å². The Morgan fingerprint density at radius 2 is 1.68 bits per heavy atom. The second-order valence-corrected chi connectivity index (χ2v) is 7.68. The van der Waals surface area contributed by atoms with E-state index >= 15 is 0 Å². The van der Waals surface area contributed by atoms with Gasteiger partial charge in [0.15, 0.2) is 0 Å². The number of aromatic nitrogens is 3. The van der Waals surface area contributed by atoms with Crippen LogP contribution in [-0.2, 0) is 6.54 Å². The molecule has 0 fully saturated rings. The van der Waals surface area contributed by atoms with Gasteiger partial charge in [-0.25, -0.2) is 14.2 Å². The van der Waals surface area contributed by atoms with E-state index in [1.807, 2.05) is 62.4 Å². The molecular weight excluding hydrogens is 396 g/mol. The summed E-state index contributed by atoms with van der Waals surface area (Å²) in [6, 6.07) is 14.4. The van der Waals surface area contributed by atoms with E-state index in [1.165, 1.54) is 4.57 Å². The zero-order valence-corrected chi connectivity index (χ0v) is 18.5. The number of ether oxygens (including phenoxy) is 2. The molecule has 3 aromatic rings. The predicted octanol–water partition coefficient (Wildman–Crippen LogP) is 3.57. The van der Waals surface area contributed by atoms with Crippen LogP contribution >= 0.6 is 0 Å². The van der Waals surface area contributed by atoms with Crippen molar-refractivity contribution >= 4 is 11.6 Å². The quantitative estimate of drug-likeness (QED) is 0.595. The van der Waals surface area contributed by atoms with Crippen molar-refractivity contribution < 1.29 is 9.47 Å². The van der Waals surface area contributed by atoms with Crippen molar-refractivity contribution in [3.8, 4) is 11.5 Å². The summed E-state index contributed by atoms with van der Waals surface area (Å²) < 4.78 is 13.7. The summed E-state index contributed by atoms with van der Waals surface area (Å²) in [5, 5.41) is 3.10. The highest BCUT2D eigenvalue weighted by atomic mass is 16.5. The van der Waals surface area contributed by atoms with Crippen LogP contribution < -0.4 is 26.2 Å². The van der Waals surface area contributed by atoms with Gasteiger partial charge in [0.1, 0.15) is 11.5 Å². The molecule has 2 aromatic carbocycles. The SMILES string of the molecule is COc1ccccc1Cn1c(Nc2ccc(OC(C)C)cc2)nc(=O)n(C(C)C)c1=O. The van der Waals surface area contributed by atoms with Crippen molar-refractivity contribution in [3.63, 3.8) is 0 Å². The van der Waals surface area contributed by atoms with Gasteiger partial charge in [0.25, 0.3) is 0 Å². The van der Waals surface area contributed by atoms with Crippen LogP contribution in [0.15, 0.2) is 58.1 Å². The van der Waals surface area contributed by atoms with Gasteiger partial charge in [-0.15, -0.1) is 0 Å². The molecule has 3 rings (SSSR count). The largest absolute Gasteiger partial charge is 0.496 e. The highest BCUT2D eigenvalue weighted by Crippen LogP contribution is 2.22. The second-order valence-electron chi connectivity index (χ2n) is 7.68. The van der Waals surface area contributed by atoms with Crippen LogP contribution in [0, 0.1) is 0 Å². The fraction of sp³-hybridized carbons (Fsp3) is 0.348. The smallest absolute Gasteiger partial charge is 0.355 e. The maximum absolute atomic E-state index is 13.2. The summed E-state index contributed by atoms with van der Waals surface area (Å²) in [6.45, 7) is 7.66. The van der Waals surface area contributed by atoms with Gasteiger partial charge in [-0.1, -0.05) is 18.2 Å². The van der Waals surface area contributed by atoms with Gasteiger partial charge in [-0.2, -0.15) is 4.98 Å². The maximum Gasteiger partial charge on any atom is 0.355 e. The van der Waals surface area contributed by atoms with Gasteiger partial charge in [0.2, 0.25) is 5.95 Å². The molecule has 0 bridgehead atoms. The molecule has 1 aromatic heterocycles. The van der Waals surface area contributed by atoms with Crippen LogP contribution in [0.25, 0.3) is 0 Å². The van der Waals surface area contributed by atoms with Crippen LogP contribution in [-0.4, -0.2) is 27.3 Å². The van der Waals surface area contributed by atoms with Gasteiger partial charge in [0.05, 0.1) is 19.8 Å². The van der Waals surface area contributed by atoms with Crippen molar-refractivity contribution in [1.29, 1.82) is 0 Å². The molecule has 0 aliphatic carbocycles. The van der Waals surface area contributed by atoms with E-state index in [-0.39, 0.29) is 24.6 Å². The van der Waals surface area contributed by atoms with Crippen LogP contribution in [0.5, 0.6) is 11.5 Å². The molecule has 1 heterocycles. The molecule has 0 saturated heterocycles. The van der Waals surface area contributed by atoms with Crippen LogP contribution in [0.4, 0.5) is 11.6 Å². The minimum atomic E-state index is -0.599. The Balaban J connectivity index is 2.04. The molecule has 0 atom stereocenters. The molecule has 31 heavy (non-hydrogen) atoms. The molecule has 0 aliphatic rings. The van der Waals surface area contributed by atoms with Crippen molar-refractivity contribution in [2.24, 2.45) is 0 Å². The molecule has 0 radical (unpaired) electrons. The highest BCUT2D eigenvalue weighted by molar-refractivity contribution is 5.55. The lowest BCUT2D eigenvalue weighted by molar-refractivity contribution is 0.242. The summed E-state index contributed by atoms with van der Waals surface area (Å²) in [6.07, 6.45) is 0.0649. The van der Waals surface area contributed by atoms with E-state index in [0.29, 0.717) is 11.4 Å². The first-order valence-electron chi connectivity index (χ1n) is 10.2. The fourth-order valence-electron chi connectivity index (χ4n) is 3.21. The molecule has 0 saturated carbocycles. The Morgan fingerprint density at radius 3 is 2.29 bits per heavy atom. The summed E-state index contributed by atoms with van der Waals surface area (Å²) >= 11 is 0. The maximum atomic E-state index is 13.2. The van der Waals surface area contributed by atoms with Crippen molar-refractivity contribution in [3.05, 3.63) is 75.1 Å². The summed E-state index contributed by atoms with van der Waals surface area (Å²) in [4.78, 5) is 29.9. The van der Waals surface area contributed by atoms with E-state index in [0.717, 1.165) is 15.9 Å². The number of methoxy groups -OCH3 is 1. The number of hydrogen-bond acceptors (Lipinski definition) is 6. The normalized spacial score (nSPS) is 11.1. The number of hydrogen-bond donors (Lipinski definition) is 1. The number of rotatable bonds is 8. The van der Waals surface area contributed by atoms with Gasteiger partial charge in [-0.3, -0.25) is 4.57 Å². The Kier molecular flexibility index (Phi) is 6.79. The molecule has 8 nitrogen and oxygen atoms in total. The van der Waals surface area contributed by atoms with Crippen molar-refractivity contribution in [2.45, 2.75) is 46.4 Å². The third kappa shape index (κ3) is 5.14. The third-order valence-corrected chi connectivity index (χ3v) is 4.62. The van der Waals surface area contributed by atoms with Gasteiger partial charge in [0, 0.05) is 17.3 Å². The first-order chi connectivity index (χ1) is 14.8. The molecule has 8 heteroatoms. The molecule has 0 aliphatic heterocycles. The fourth-order valence-corrected chi connectivity index (χ4v) is 3.21. The number of anilines is 2. The van der Waals surface area contributed by atoms with Crippen LogP contribution in [0.2, 0.25) is 0 Å². The molecule has 0 spiro atoms. The van der Waals surface area contributed by atoms with E-state index in [9.17, 15) is 9.59 Å². The lowest BCUT2D eigenvalue weighted by Gasteiger charge is -2.18. The van der Waals surface area contributed by atoms with E-state index < -0.39 is 11.4 Å². The summed E-state index contributed by atoms with van der Waals surface area (Å²) in [5.74, 6) is 1.54. The number of nitrogens with zero attached hydrogens (tertiary/aromatic N) is 3. The molecule has 0 unspecified atom stereocenters. The minimum Gasteiger partial charge on any atom is -0.496 e. The summed E-state index contributed by atoms with van der Waals surface area (Å²) in [7, 11) is 1.58.